The van der Waals surface area contributed by atoms with Crippen LogP contribution >= 0.6 is 12.2 Å². The van der Waals surface area contributed by atoms with E-state index in [-0.39, 0.29) is 5.11 Å². The molecule has 2 aromatic carbocycles. The molecular formula is C16H15N3S. The maximum atomic E-state index is 5.42. The average Bonchev–Trinajstić information content (AvgIpc) is 2.49. The van der Waals surface area contributed by atoms with E-state index in [0.717, 1.165) is 16.8 Å². The summed E-state index contributed by atoms with van der Waals surface area (Å²) in [5.74, 6) is 0. The van der Waals surface area contributed by atoms with Crippen LogP contribution in [0.4, 0.5) is 0 Å². The number of hydrazone groups is 1. The number of nitrogens with zero attached hydrogens (tertiary/aromatic N) is 1. The lowest BCUT2D eigenvalue weighted by atomic mass is 10.1. The van der Waals surface area contributed by atoms with Gasteiger partial charge in [-0.1, -0.05) is 66.7 Å². The number of benzene rings is 2. The van der Waals surface area contributed by atoms with Crippen LogP contribution < -0.4 is 11.2 Å². The van der Waals surface area contributed by atoms with Gasteiger partial charge in [0.1, 0.15) is 0 Å². The Hall–Kier alpha value is -2.46. The molecule has 0 unspecified atom stereocenters. The molecule has 4 heteroatoms. The smallest absolute Gasteiger partial charge is 0.184 e. The summed E-state index contributed by atoms with van der Waals surface area (Å²) in [6.07, 6.45) is 3.92. The van der Waals surface area contributed by atoms with E-state index < -0.39 is 0 Å². The van der Waals surface area contributed by atoms with Gasteiger partial charge in [-0.15, -0.1) is 0 Å². The van der Waals surface area contributed by atoms with Crippen molar-refractivity contribution in [2.45, 2.75) is 0 Å². The Kier molecular flexibility index (Phi) is 5.03. The lowest BCUT2D eigenvalue weighted by Gasteiger charge is -2.03. The molecule has 0 radical (unpaired) electrons. The lowest BCUT2D eigenvalue weighted by molar-refractivity contribution is 1.03. The third kappa shape index (κ3) is 4.33. The SMILES string of the molecule is NC(=S)NN=C(/C=C/c1ccccc1)c1ccccc1. The summed E-state index contributed by atoms with van der Waals surface area (Å²) < 4.78 is 0. The van der Waals surface area contributed by atoms with Gasteiger partial charge in [0.2, 0.25) is 0 Å². The number of rotatable bonds is 4. The normalized spacial score (nSPS) is 11.5. The Balaban J connectivity index is 2.26. The quantitative estimate of drug-likeness (QED) is 0.514. The Morgan fingerprint density at radius 3 is 2.20 bits per heavy atom. The summed E-state index contributed by atoms with van der Waals surface area (Å²) in [4.78, 5) is 0. The summed E-state index contributed by atoms with van der Waals surface area (Å²) in [7, 11) is 0. The maximum absolute atomic E-state index is 5.42. The van der Waals surface area contributed by atoms with E-state index in [9.17, 15) is 0 Å². The standard InChI is InChI=1S/C16H15N3S/c17-16(20)19-18-15(14-9-5-2-6-10-14)12-11-13-7-3-1-4-8-13/h1-12H,(H3,17,19,20)/b12-11+,18-15?. The number of thiocarbonyl (C=S) groups is 1. The molecule has 0 atom stereocenters. The topological polar surface area (TPSA) is 50.4 Å². The van der Waals surface area contributed by atoms with Crippen molar-refractivity contribution in [1.29, 1.82) is 0 Å². The molecule has 0 fully saturated rings. The fourth-order valence-corrected chi connectivity index (χ4v) is 1.71. The van der Waals surface area contributed by atoms with Gasteiger partial charge >= 0.3 is 0 Å². The first-order valence-electron chi connectivity index (χ1n) is 6.17. The second-order valence-corrected chi connectivity index (χ2v) is 4.52. The van der Waals surface area contributed by atoms with Gasteiger partial charge in [0.05, 0.1) is 5.71 Å². The first-order chi connectivity index (χ1) is 9.75. The number of hydrogen-bond acceptors (Lipinski definition) is 2. The van der Waals surface area contributed by atoms with Gasteiger partial charge in [-0.25, -0.2) is 0 Å². The van der Waals surface area contributed by atoms with E-state index in [2.05, 4.69) is 10.5 Å². The van der Waals surface area contributed by atoms with Crippen molar-refractivity contribution in [2.24, 2.45) is 10.8 Å². The van der Waals surface area contributed by atoms with Gasteiger partial charge in [0.15, 0.2) is 5.11 Å². The largest absolute Gasteiger partial charge is 0.375 e. The van der Waals surface area contributed by atoms with E-state index in [4.69, 9.17) is 18.0 Å². The molecule has 0 amide bonds. The molecule has 20 heavy (non-hydrogen) atoms. The Labute approximate surface area is 123 Å². The molecule has 3 N–H and O–H groups in total. The third-order valence-corrected chi connectivity index (χ3v) is 2.68. The molecule has 0 aromatic heterocycles. The van der Waals surface area contributed by atoms with Crippen LogP contribution in [-0.4, -0.2) is 10.8 Å². The molecule has 0 saturated carbocycles. The highest BCUT2D eigenvalue weighted by Gasteiger charge is 1.99. The molecule has 2 rings (SSSR count). The van der Waals surface area contributed by atoms with Crippen molar-refractivity contribution < 1.29 is 0 Å². The van der Waals surface area contributed by atoms with Crippen LogP contribution in [0, 0.1) is 0 Å². The fraction of sp³-hybridized carbons (Fsp3) is 0. The van der Waals surface area contributed by atoms with Gasteiger partial charge in [-0.2, -0.15) is 5.10 Å². The van der Waals surface area contributed by atoms with Gasteiger partial charge in [-0.05, 0) is 23.9 Å². The highest BCUT2D eigenvalue weighted by Crippen LogP contribution is 2.06. The van der Waals surface area contributed by atoms with Gasteiger partial charge in [0.25, 0.3) is 0 Å². The zero-order valence-corrected chi connectivity index (χ0v) is 11.7. The molecule has 2 aromatic rings. The molecule has 100 valence electrons. The number of nitrogens with two attached hydrogens (primary N) is 1. The van der Waals surface area contributed by atoms with Crippen LogP contribution in [0.15, 0.2) is 71.8 Å². The summed E-state index contributed by atoms with van der Waals surface area (Å²) in [5, 5.41) is 4.37. The summed E-state index contributed by atoms with van der Waals surface area (Å²) in [6, 6.07) is 19.9. The zero-order valence-electron chi connectivity index (χ0n) is 10.9. The molecule has 0 bridgehead atoms. The third-order valence-electron chi connectivity index (χ3n) is 2.59. The highest BCUT2D eigenvalue weighted by molar-refractivity contribution is 7.80. The van der Waals surface area contributed by atoms with Crippen LogP contribution in [0.1, 0.15) is 11.1 Å². The predicted octanol–water partition coefficient (Wildman–Crippen LogP) is 2.94. The predicted molar refractivity (Wildman–Crippen MR) is 88.4 cm³/mol. The first kappa shape index (κ1) is 14.0. The van der Waals surface area contributed by atoms with E-state index in [1.165, 1.54) is 0 Å². The van der Waals surface area contributed by atoms with E-state index in [0.29, 0.717) is 0 Å². The molecule has 0 saturated heterocycles. The summed E-state index contributed by atoms with van der Waals surface area (Å²) >= 11 is 4.78. The van der Waals surface area contributed by atoms with E-state index in [1.807, 2.05) is 72.8 Å². The Morgan fingerprint density at radius 2 is 1.60 bits per heavy atom. The fourth-order valence-electron chi connectivity index (χ4n) is 1.66. The first-order valence-corrected chi connectivity index (χ1v) is 6.58. The molecule has 3 nitrogen and oxygen atoms in total. The Bertz CT molecular complexity index is 619. The minimum Gasteiger partial charge on any atom is -0.375 e. The number of nitrogens with one attached hydrogen (secondary N) is 1. The van der Waals surface area contributed by atoms with Crippen molar-refractivity contribution >= 4 is 29.1 Å². The molecule has 0 aliphatic heterocycles. The van der Waals surface area contributed by atoms with Crippen LogP contribution in [0.25, 0.3) is 6.08 Å². The lowest BCUT2D eigenvalue weighted by Crippen LogP contribution is -2.25. The second kappa shape index (κ2) is 7.21. The van der Waals surface area contributed by atoms with Gasteiger partial charge in [0, 0.05) is 5.56 Å². The average molecular weight is 281 g/mol. The molecule has 0 aliphatic rings. The molecule has 0 heterocycles. The molecule has 0 aliphatic carbocycles. The number of allylic oxidation sites excluding steroid dienone is 1. The van der Waals surface area contributed by atoms with E-state index >= 15 is 0 Å². The van der Waals surface area contributed by atoms with Crippen LogP contribution in [-0.2, 0) is 0 Å². The van der Waals surface area contributed by atoms with Crippen LogP contribution in [0.3, 0.4) is 0 Å². The summed E-state index contributed by atoms with van der Waals surface area (Å²) in [5.41, 5.74) is 10.9. The minimum absolute atomic E-state index is 0.145. The van der Waals surface area contributed by atoms with Crippen molar-refractivity contribution in [3.8, 4) is 0 Å². The van der Waals surface area contributed by atoms with Crippen molar-refractivity contribution in [1.82, 2.24) is 5.43 Å². The highest BCUT2D eigenvalue weighted by atomic mass is 32.1. The Morgan fingerprint density at radius 1 is 1.00 bits per heavy atom. The van der Waals surface area contributed by atoms with Crippen LogP contribution in [0.2, 0.25) is 0 Å². The minimum atomic E-state index is 0.145. The summed E-state index contributed by atoms with van der Waals surface area (Å²) in [6.45, 7) is 0. The molecule has 0 spiro atoms. The van der Waals surface area contributed by atoms with Gasteiger partial charge in [-0.3, -0.25) is 5.43 Å². The van der Waals surface area contributed by atoms with Gasteiger partial charge < -0.3 is 5.73 Å². The van der Waals surface area contributed by atoms with Crippen LogP contribution in [0.5, 0.6) is 0 Å². The number of hydrogen-bond donors (Lipinski definition) is 2. The second-order valence-electron chi connectivity index (χ2n) is 4.08. The zero-order chi connectivity index (χ0) is 14.2. The van der Waals surface area contributed by atoms with Crippen molar-refractivity contribution in [3.63, 3.8) is 0 Å². The van der Waals surface area contributed by atoms with Crippen molar-refractivity contribution in [2.75, 3.05) is 0 Å². The maximum Gasteiger partial charge on any atom is 0.184 e. The van der Waals surface area contributed by atoms with E-state index in [1.54, 1.807) is 0 Å². The van der Waals surface area contributed by atoms with Crippen molar-refractivity contribution in [3.05, 3.63) is 77.9 Å². The molecular weight excluding hydrogens is 266 g/mol. The monoisotopic (exact) mass is 281 g/mol.